The van der Waals surface area contributed by atoms with Crippen LogP contribution in [0, 0.1) is 28.1 Å². The molecule has 2 heteroatoms. The fourth-order valence-corrected chi connectivity index (χ4v) is 3.86. The molecule has 0 aromatic carbocycles. The number of aliphatic hydroxyl groups is 2. The monoisotopic (exact) mass is 350 g/mol. The van der Waals surface area contributed by atoms with Gasteiger partial charge in [-0.3, -0.25) is 0 Å². The molecule has 0 saturated heterocycles. The van der Waals surface area contributed by atoms with Crippen molar-refractivity contribution in [1.29, 1.82) is 0 Å². The summed E-state index contributed by atoms with van der Waals surface area (Å²) in [4.78, 5) is 0. The summed E-state index contributed by atoms with van der Waals surface area (Å²) in [7, 11) is 0. The minimum Gasteiger partial charge on any atom is -0.393 e. The Kier molecular flexibility index (Phi) is 6.79. The van der Waals surface area contributed by atoms with E-state index in [0.29, 0.717) is 24.7 Å². The minimum atomic E-state index is -0.483. The fraction of sp³-hybridized carbons (Fsp3) is 0.826. The zero-order chi connectivity index (χ0) is 19.8. The highest BCUT2D eigenvalue weighted by molar-refractivity contribution is 5.27. The van der Waals surface area contributed by atoms with E-state index in [9.17, 15) is 10.2 Å². The predicted octanol–water partition coefficient (Wildman–Crippen LogP) is 5.75. The number of allylic oxidation sites excluding steroid dienone is 3. The average Bonchev–Trinajstić information content (AvgIpc) is 2.48. The molecule has 2 N–H and O–H groups in total. The van der Waals surface area contributed by atoms with Gasteiger partial charge in [0.25, 0.3) is 0 Å². The molecular formula is C23H42O2. The minimum absolute atomic E-state index is 0.0842. The van der Waals surface area contributed by atoms with Gasteiger partial charge in [-0.15, -0.1) is 0 Å². The van der Waals surface area contributed by atoms with Crippen LogP contribution in [0.15, 0.2) is 23.3 Å². The Labute approximate surface area is 156 Å². The molecule has 146 valence electrons. The summed E-state index contributed by atoms with van der Waals surface area (Å²) >= 11 is 0. The van der Waals surface area contributed by atoms with Gasteiger partial charge >= 0.3 is 0 Å². The summed E-state index contributed by atoms with van der Waals surface area (Å²) in [5, 5.41) is 20.4. The van der Waals surface area contributed by atoms with E-state index in [4.69, 9.17) is 0 Å². The number of hydrogen-bond acceptors (Lipinski definition) is 2. The first-order chi connectivity index (χ1) is 11.1. The summed E-state index contributed by atoms with van der Waals surface area (Å²) in [5.41, 5.74) is 2.56. The lowest BCUT2D eigenvalue weighted by atomic mass is 9.59. The highest BCUT2D eigenvalue weighted by atomic mass is 16.3. The highest BCUT2D eigenvalue weighted by Gasteiger charge is 2.41. The fourth-order valence-electron chi connectivity index (χ4n) is 3.86. The SMILES string of the molecule is C/C(=C\C=C1/C[C@@H](O)C[C@H](O)C1(C)C)C(C)(C)C(C)C(C)(C)C(C)C. The van der Waals surface area contributed by atoms with Crippen molar-refractivity contribution in [3.8, 4) is 0 Å². The van der Waals surface area contributed by atoms with Gasteiger partial charge in [0.15, 0.2) is 0 Å². The van der Waals surface area contributed by atoms with Crippen LogP contribution >= 0.6 is 0 Å². The van der Waals surface area contributed by atoms with Crippen molar-refractivity contribution < 1.29 is 10.2 Å². The molecule has 0 radical (unpaired) electrons. The zero-order valence-corrected chi connectivity index (χ0v) is 18.3. The van der Waals surface area contributed by atoms with Crippen molar-refractivity contribution in [3.05, 3.63) is 23.3 Å². The molecule has 0 spiro atoms. The lowest BCUT2D eigenvalue weighted by molar-refractivity contribution is -0.00659. The van der Waals surface area contributed by atoms with Gasteiger partial charge in [-0.05, 0) is 36.0 Å². The molecule has 1 fully saturated rings. The van der Waals surface area contributed by atoms with Crippen LogP contribution in [0.1, 0.15) is 82.1 Å². The van der Waals surface area contributed by atoms with Crippen molar-refractivity contribution >= 4 is 0 Å². The molecule has 2 nitrogen and oxygen atoms in total. The Morgan fingerprint density at radius 1 is 1.12 bits per heavy atom. The molecule has 0 bridgehead atoms. The van der Waals surface area contributed by atoms with Gasteiger partial charge in [0.2, 0.25) is 0 Å². The van der Waals surface area contributed by atoms with Gasteiger partial charge in [0.05, 0.1) is 12.2 Å². The summed E-state index contributed by atoms with van der Waals surface area (Å²) < 4.78 is 0. The van der Waals surface area contributed by atoms with Crippen LogP contribution in [0.5, 0.6) is 0 Å². The van der Waals surface area contributed by atoms with Crippen molar-refractivity contribution in [2.45, 2.75) is 94.3 Å². The Balaban J connectivity index is 3.14. The highest BCUT2D eigenvalue weighted by Crippen LogP contribution is 2.48. The number of rotatable bonds is 5. The van der Waals surface area contributed by atoms with E-state index in [1.54, 1.807) is 0 Å². The Hall–Kier alpha value is -0.600. The molecule has 1 aliphatic rings. The largest absolute Gasteiger partial charge is 0.393 e. The number of hydrogen-bond donors (Lipinski definition) is 2. The van der Waals surface area contributed by atoms with Crippen LogP contribution in [0.25, 0.3) is 0 Å². The molecule has 1 unspecified atom stereocenters. The third kappa shape index (κ3) is 4.57. The summed E-state index contributed by atoms with van der Waals surface area (Å²) in [6.07, 6.45) is 4.57. The van der Waals surface area contributed by atoms with E-state index in [1.165, 1.54) is 5.57 Å². The number of aliphatic hydroxyl groups excluding tert-OH is 2. The van der Waals surface area contributed by atoms with Crippen molar-refractivity contribution in [3.63, 3.8) is 0 Å². The molecule has 1 rings (SSSR count). The zero-order valence-electron chi connectivity index (χ0n) is 18.3. The Morgan fingerprint density at radius 3 is 2.12 bits per heavy atom. The molecule has 1 saturated carbocycles. The van der Waals surface area contributed by atoms with Gasteiger partial charge in [-0.2, -0.15) is 0 Å². The third-order valence-electron chi connectivity index (χ3n) is 7.85. The van der Waals surface area contributed by atoms with Crippen LogP contribution in [0.2, 0.25) is 0 Å². The lowest BCUT2D eigenvalue weighted by Gasteiger charge is -2.46. The molecule has 25 heavy (non-hydrogen) atoms. The standard InChI is InChI=1S/C23H42O2/c1-15(2)21(5,6)17(4)22(7,8)16(3)11-12-18-13-19(24)14-20(25)23(18,9)10/h11-12,15,17,19-20,24-25H,13-14H2,1-10H3/b16-11+,18-12+/t17?,19-,20+/m1/s1. The quantitative estimate of drug-likeness (QED) is 0.663. The molecule has 1 aliphatic carbocycles. The third-order valence-corrected chi connectivity index (χ3v) is 7.85. The van der Waals surface area contributed by atoms with Crippen LogP contribution < -0.4 is 0 Å². The molecule has 0 aromatic rings. The Bertz CT molecular complexity index is 520. The maximum absolute atomic E-state index is 10.3. The van der Waals surface area contributed by atoms with Crippen LogP contribution in [0.4, 0.5) is 0 Å². The van der Waals surface area contributed by atoms with Gasteiger partial charge < -0.3 is 10.2 Å². The van der Waals surface area contributed by atoms with E-state index in [2.05, 4.69) is 81.4 Å². The van der Waals surface area contributed by atoms with Gasteiger partial charge in [-0.25, -0.2) is 0 Å². The first-order valence-electron chi connectivity index (χ1n) is 9.89. The molecule has 0 aliphatic heterocycles. The maximum atomic E-state index is 10.3. The average molecular weight is 351 g/mol. The van der Waals surface area contributed by atoms with Gasteiger partial charge in [0.1, 0.15) is 0 Å². The molecule has 0 heterocycles. The molecule has 0 amide bonds. The van der Waals surface area contributed by atoms with Crippen LogP contribution in [0.3, 0.4) is 0 Å². The predicted molar refractivity (Wildman–Crippen MR) is 108 cm³/mol. The first kappa shape index (κ1) is 22.4. The van der Waals surface area contributed by atoms with E-state index >= 15 is 0 Å². The van der Waals surface area contributed by atoms with Gasteiger partial charge in [-0.1, -0.05) is 85.6 Å². The Morgan fingerprint density at radius 2 is 1.64 bits per heavy atom. The topological polar surface area (TPSA) is 40.5 Å². The van der Waals surface area contributed by atoms with Crippen molar-refractivity contribution in [2.75, 3.05) is 0 Å². The first-order valence-corrected chi connectivity index (χ1v) is 9.89. The van der Waals surface area contributed by atoms with E-state index in [-0.39, 0.29) is 16.2 Å². The van der Waals surface area contributed by atoms with E-state index in [0.717, 1.165) is 5.57 Å². The second-order valence-corrected chi connectivity index (χ2v) is 10.3. The smallest absolute Gasteiger partial charge is 0.0653 e. The van der Waals surface area contributed by atoms with E-state index < -0.39 is 12.2 Å². The van der Waals surface area contributed by atoms with Crippen molar-refractivity contribution in [2.24, 2.45) is 28.1 Å². The second kappa shape index (κ2) is 7.56. The van der Waals surface area contributed by atoms with Crippen molar-refractivity contribution in [1.82, 2.24) is 0 Å². The maximum Gasteiger partial charge on any atom is 0.0653 e. The van der Waals surface area contributed by atoms with Crippen LogP contribution in [-0.4, -0.2) is 22.4 Å². The van der Waals surface area contributed by atoms with Crippen LogP contribution in [-0.2, 0) is 0 Å². The second-order valence-electron chi connectivity index (χ2n) is 10.3. The summed E-state index contributed by atoms with van der Waals surface area (Å²) in [5.74, 6) is 1.15. The lowest BCUT2D eigenvalue weighted by Crippen LogP contribution is -2.40. The summed E-state index contributed by atoms with van der Waals surface area (Å²) in [6, 6.07) is 0. The summed E-state index contributed by atoms with van der Waals surface area (Å²) in [6.45, 7) is 22.8. The normalized spacial score (nSPS) is 28.5. The molecular weight excluding hydrogens is 308 g/mol. The molecule has 0 aromatic heterocycles. The molecule has 3 atom stereocenters. The van der Waals surface area contributed by atoms with E-state index in [1.807, 2.05) is 0 Å². The van der Waals surface area contributed by atoms with Gasteiger partial charge in [0, 0.05) is 11.8 Å².